The quantitative estimate of drug-likeness (QED) is 0.283. The zero-order valence-corrected chi connectivity index (χ0v) is 24.0. The van der Waals surface area contributed by atoms with Crippen LogP contribution in [0.2, 0.25) is 0 Å². The molecule has 11 nitrogen and oxygen atoms in total. The number of fused-ring (bicyclic) bond motifs is 1. The highest BCUT2D eigenvalue weighted by molar-refractivity contribution is 5.88. The summed E-state index contributed by atoms with van der Waals surface area (Å²) in [6, 6.07) is 13.6. The molecule has 4 heterocycles. The largest absolute Gasteiger partial charge is 0.382 e. The first-order valence-electron chi connectivity index (χ1n) is 14.8. The van der Waals surface area contributed by atoms with Crippen LogP contribution >= 0.6 is 0 Å². The number of rotatable bonds is 8. The highest BCUT2D eigenvalue weighted by Gasteiger charge is 2.46. The number of nitrogen functional groups attached to an aromatic ring is 1. The molecular weight excluding hydrogens is 549 g/mol. The van der Waals surface area contributed by atoms with Crippen LogP contribution in [0, 0.1) is 5.82 Å². The lowest BCUT2D eigenvalue weighted by Crippen LogP contribution is -2.56. The Morgan fingerprint density at radius 2 is 1.86 bits per heavy atom. The number of aromatic nitrogens is 4. The van der Waals surface area contributed by atoms with Crippen LogP contribution in [0.4, 0.5) is 15.9 Å². The van der Waals surface area contributed by atoms with Crippen molar-refractivity contribution in [3.63, 3.8) is 0 Å². The molecular formula is C31H36FN9O2. The highest BCUT2D eigenvalue weighted by Crippen LogP contribution is 2.41. The van der Waals surface area contributed by atoms with E-state index >= 15 is 4.39 Å². The molecule has 43 heavy (non-hydrogen) atoms. The first kappa shape index (κ1) is 27.7. The van der Waals surface area contributed by atoms with E-state index in [4.69, 9.17) is 16.2 Å². The minimum atomic E-state index is -1.05. The van der Waals surface area contributed by atoms with Gasteiger partial charge in [0.25, 0.3) is 0 Å². The lowest BCUT2D eigenvalue weighted by Gasteiger charge is -2.30. The first-order chi connectivity index (χ1) is 20.9. The smallest absolute Gasteiger partial charge is 0.242 e. The van der Waals surface area contributed by atoms with Gasteiger partial charge in [-0.2, -0.15) is 0 Å². The predicted molar refractivity (Wildman–Crippen MR) is 161 cm³/mol. The number of hydrogen-bond acceptors (Lipinski definition) is 9. The number of halogens is 1. The van der Waals surface area contributed by atoms with Crippen LogP contribution in [0.25, 0.3) is 11.2 Å². The normalized spacial score (nSPS) is 24.0. The Kier molecular flexibility index (Phi) is 7.20. The van der Waals surface area contributed by atoms with Gasteiger partial charge in [0.2, 0.25) is 5.91 Å². The summed E-state index contributed by atoms with van der Waals surface area (Å²) < 4.78 is 23.0. The van der Waals surface area contributed by atoms with Crippen LogP contribution < -0.4 is 21.7 Å². The number of nitrogens with two attached hydrogens (primary N) is 2. The van der Waals surface area contributed by atoms with E-state index in [1.54, 1.807) is 12.4 Å². The summed E-state index contributed by atoms with van der Waals surface area (Å²) in [5.74, 6) is 0.199. The molecule has 1 aliphatic carbocycles. The second kappa shape index (κ2) is 11.2. The molecule has 224 valence electrons. The van der Waals surface area contributed by atoms with E-state index in [1.807, 2.05) is 22.8 Å². The van der Waals surface area contributed by atoms with E-state index in [-0.39, 0.29) is 17.8 Å². The molecule has 1 amide bonds. The SMILES string of the molecule is Nc1ncnc2c1ncn2Cc1c(N2CCC(N)(C(=O)N[C@H]3C[C@@H]3c3ccccc3)C2)ccc(F)c1CN1CCOCC1. The third kappa shape index (κ3) is 5.41. The van der Waals surface area contributed by atoms with Crippen molar-refractivity contribution in [3.8, 4) is 0 Å². The number of hydrogen-bond donors (Lipinski definition) is 3. The van der Waals surface area contributed by atoms with Crippen LogP contribution in [0.1, 0.15) is 35.4 Å². The van der Waals surface area contributed by atoms with Gasteiger partial charge < -0.3 is 31.0 Å². The third-order valence-corrected chi connectivity index (χ3v) is 9.02. The standard InChI is InChI=1S/C31H36FN9O2/c32-24-6-7-26(40-9-8-31(34,17-40)30(42)38-25-14-21(25)20-4-2-1-3-5-20)23(22(24)15-39-10-12-43-13-11-39)16-41-19-37-27-28(33)35-18-36-29(27)41/h1-7,18-19,21,25H,8-17,34H2,(H,38,42)(H2,33,35,36)/t21-,25+,31?/m1/s1. The number of nitrogens with one attached hydrogen (secondary N) is 1. The van der Waals surface area contributed by atoms with Gasteiger partial charge in [0.15, 0.2) is 11.5 Å². The zero-order chi connectivity index (χ0) is 29.6. The Hall–Kier alpha value is -4.13. The van der Waals surface area contributed by atoms with Gasteiger partial charge in [-0.3, -0.25) is 9.69 Å². The molecule has 2 saturated heterocycles. The predicted octanol–water partition coefficient (Wildman–Crippen LogP) is 2.01. The maximum Gasteiger partial charge on any atom is 0.242 e. The second-order valence-electron chi connectivity index (χ2n) is 11.9. The minimum absolute atomic E-state index is 0.0924. The molecule has 0 bridgehead atoms. The number of amides is 1. The molecule has 2 aromatic heterocycles. The Morgan fingerprint density at radius 1 is 1.05 bits per heavy atom. The van der Waals surface area contributed by atoms with E-state index in [9.17, 15) is 4.79 Å². The fraction of sp³-hybridized carbons (Fsp3) is 0.419. The van der Waals surface area contributed by atoms with Crippen molar-refractivity contribution in [2.45, 2.75) is 43.4 Å². The van der Waals surface area contributed by atoms with Crippen LogP contribution in [0.3, 0.4) is 0 Å². The summed E-state index contributed by atoms with van der Waals surface area (Å²) >= 11 is 0. The van der Waals surface area contributed by atoms with Crippen molar-refractivity contribution in [2.75, 3.05) is 50.0 Å². The van der Waals surface area contributed by atoms with Gasteiger partial charge in [0.1, 0.15) is 23.2 Å². The Bertz CT molecular complexity index is 1640. The molecule has 2 aliphatic heterocycles. The van der Waals surface area contributed by atoms with Gasteiger partial charge in [-0.25, -0.2) is 19.3 Å². The van der Waals surface area contributed by atoms with Crippen LogP contribution in [-0.4, -0.2) is 81.3 Å². The lowest BCUT2D eigenvalue weighted by molar-refractivity contribution is -0.125. The van der Waals surface area contributed by atoms with E-state index in [0.29, 0.717) is 74.3 Å². The van der Waals surface area contributed by atoms with Gasteiger partial charge in [-0.15, -0.1) is 0 Å². The van der Waals surface area contributed by atoms with Crippen molar-refractivity contribution in [2.24, 2.45) is 5.73 Å². The molecule has 12 heteroatoms. The van der Waals surface area contributed by atoms with E-state index in [2.05, 4.69) is 42.2 Å². The number of carbonyl (C=O) groups is 1. The summed E-state index contributed by atoms with van der Waals surface area (Å²) in [6.07, 6.45) is 4.47. The van der Waals surface area contributed by atoms with Gasteiger partial charge in [-0.1, -0.05) is 30.3 Å². The average Bonchev–Trinajstić information content (AvgIpc) is 3.47. The van der Waals surface area contributed by atoms with Crippen LogP contribution in [0.5, 0.6) is 0 Å². The monoisotopic (exact) mass is 585 g/mol. The number of nitrogens with zero attached hydrogens (tertiary/aromatic N) is 6. The number of ether oxygens (including phenoxy) is 1. The minimum Gasteiger partial charge on any atom is -0.382 e. The average molecular weight is 586 g/mol. The molecule has 0 radical (unpaired) electrons. The van der Waals surface area contributed by atoms with Crippen LogP contribution in [-0.2, 0) is 22.6 Å². The third-order valence-electron chi connectivity index (χ3n) is 9.02. The molecule has 0 spiro atoms. The van der Waals surface area contributed by atoms with Gasteiger partial charge in [0.05, 0.1) is 26.1 Å². The molecule has 3 aliphatic rings. The van der Waals surface area contributed by atoms with Crippen molar-refractivity contribution in [1.29, 1.82) is 0 Å². The molecule has 2 aromatic carbocycles. The number of benzene rings is 2. The van der Waals surface area contributed by atoms with E-state index < -0.39 is 5.54 Å². The lowest BCUT2D eigenvalue weighted by atomic mass is 9.98. The summed E-state index contributed by atoms with van der Waals surface area (Å²) in [7, 11) is 0. The fourth-order valence-corrected chi connectivity index (χ4v) is 6.42. The van der Waals surface area contributed by atoms with Crippen molar-refractivity contribution in [1.82, 2.24) is 29.7 Å². The molecule has 1 saturated carbocycles. The van der Waals surface area contributed by atoms with Crippen molar-refractivity contribution >= 4 is 28.6 Å². The van der Waals surface area contributed by atoms with Crippen molar-refractivity contribution in [3.05, 3.63) is 77.6 Å². The number of imidazole rings is 1. The summed E-state index contributed by atoms with van der Waals surface area (Å²) in [5, 5.41) is 3.20. The Labute approximate surface area is 249 Å². The molecule has 4 aromatic rings. The molecule has 1 unspecified atom stereocenters. The molecule has 5 N–H and O–H groups in total. The van der Waals surface area contributed by atoms with E-state index in [1.165, 1.54) is 18.0 Å². The van der Waals surface area contributed by atoms with Crippen LogP contribution in [0.15, 0.2) is 55.1 Å². The second-order valence-corrected chi connectivity index (χ2v) is 11.9. The molecule has 3 fully saturated rings. The summed E-state index contributed by atoms with van der Waals surface area (Å²) in [4.78, 5) is 30.7. The Morgan fingerprint density at radius 3 is 2.67 bits per heavy atom. The topological polar surface area (TPSA) is 140 Å². The summed E-state index contributed by atoms with van der Waals surface area (Å²) in [6.45, 7) is 4.34. The molecule has 3 atom stereocenters. The maximum absolute atomic E-state index is 15.7. The van der Waals surface area contributed by atoms with Gasteiger partial charge in [0, 0.05) is 61.5 Å². The Balaban J connectivity index is 1.16. The van der Waals surface area contributed by atoms with Gasteiger partial charge >= 0.3 is 0 Å². The summed E-state index contributed by atoms with van der Waals surface area (Å²) in [5.41, 5.74) is 16.3. The fourth-order valence-electron chi connectivity index (χ4n) is 6.42. The number of morpholine rings is 1. The number of carbonyl (C=O) groups excluding carboxylic acids is 1. The highest BCUT2D eigenvalue weighted by atomic mass is 19.1. The number of anilines is 2. The van der Waals surface area contributed by atoms with Crippen molar-refractivity contribution < 1.29 is 13.9 Å². The zero-order valence-electron chi connectivity index (χ0n) is 24.0. The first-order valence-corrected chi connectivity index (χ1v) is 14.8. The molecule has 7 rings (SSSR count). The van der Waals surface area contributed by atoms with Gasteiger partial charge in [-0.05, 0) is 30.5 Å². The van der Waals surface area contributed by atoms with E-state index in [0.717, 1.165) is 30.8 Å². The maximum atomic E-state index is 15.7.